The second kappa shape index (κ2) is 4.24. The van der Waals surface area contributed by atoms with Crippen LogP contribution in [0.2, 0.25) is 0 Å². The molecule has 0 amide bonds. The van der Waals surface area contributed by atoms with Crippen LogP contribution in [0.3, 0.4) is 0 Å². The van der Waals surface area contributed by atoms with Gasteiger partial charge >= 0.3 is 8.60 Å². The maximum Gasteiger partial charge on any atom is 0.332 e. The van der Waals surface area contributed by atoms with Crippen molar-refractivity contribution in [3.63, 3.8) is 0 Å². The van der Waals surface area contributed by atoms with Crippen LogP contribution in [0.15, 0.2) is 0 Å². The Bertz CT molecular complexity index is 91.0. The lowest BCUT2D eigenvalue weighted by atomic mass is 10.2. The van der Waals surface area contributed by atoms with Crippen molar-refractivity contribution in [1.29, 1.82) is 0 Å². The zero-order chi connectivity index (χ0) is 7.40. The highest BCUT2D eigenvalue weighted by atomic mass is 31.2. The molecule has 0 aromatic carbocycles. The molecule has 1 aliphatic heterocycles. The Morgan fingerprint density at radius 2 is 2.00 bits per heavy atom. The van der Waals surface area contributed by atoms with Crippen LogP contribution < -0.4 is 0 Å². The molecule has 0 bridgehead atoms. The van der Waals surface area contributed by atoms with E-state index in [1.54, 1.807) is 0 Å². The van der Waals surface area contributed by atoms with Gasteiger partial charge in [0.25, 0.3) is 0 Å². The van der Waals surface area contributed by atoms with E-state index in [-0.39, 0.29) is 0 Å². The minimum atomic E-state index is -0.978. The van der Waals surface area contributed by atoms with Crippen molar-refractivity contribution >= 4 is 8.60 Å². The molecule has 0 spiro atoms. The van der Waals surface area contributed by atoms with Crippen LogP contribution in [-0.2, 0) is 13.6 Å². The zero-order valence-corrected chi connectivity index (χ0v) is 7.27. The van der Waals surface area contributed by atoms with Gasteiger partial charge < -0.3 is 13.6 Å². The average Bonchev–Trinajstić information content (AvgIpc) is 2.34. The summed E-state index contributed by atoms with van der Waals surface area (Å²) < 4.78 is 15.5. The van der Waals surface area contributed by atoms with Gasteiger partial charge in [-0.1, -0.05) is 13.8 Å². The van der Waals surface area contributed by atoms with Crippen LogP contribution in [-0.4, -0.2) is 19.8 Å². The SMILES string of the molecule is CC(C)COP1OCCO1. The molecule has 10 heavy (non-hydrogen) atoms. The van der Waals surface area contributed by atoms with Crippen LogP contribution >= 0.6 is 8.60 Å². The smallest absolute Gasteiger partial charge is 0.312 e. The van der Waals surface area contributed by atoms with E-state index in [2.05, 4.69) is 13.8 Å². The summed E-state index contributed by atoms with van der Waals surface area (Å²) in [5, 5.41) is 0. The summed E-state index contributed by atoms with van der Waals surface area (Å²) in [5.41, 5.74) is 0. The Hall–Kier alpha value is 0.310. The number of rotatable bonds is 3. The van der Waals surface area contributed by atoms with E-state index in [0.717, 1.165) is 6.61 Å². The third kappa shape index (κ3) is 2.93. The van der Waals surface area contributed by atoms with Crippen molar-refractivity contribution in [2.75, 3.05) is 19.8 Å². The lowest BCUT2D eigenvalue weighted by Crippen LogP contribution is -1.97. The second-order valence-corrected chi connectivity index (χ2v) is 3.80. The zero-order valence-electron chi connectivity index (χ0n) is 6.37. The van der Waals surface area contributed by atoms with Gasteiger partial charge in [0.15, 0.2) is 0 Å². The van der Waals surface area contributed by atoms with Crippen LogP contribution in [0.4, 0.5) is 0 Å². The summed E-state index contributed by atoms with van der Waals surface area (Å²) in [6, 6.07) is 0. The van der Waals surface area contributed by atoms with E-state index >= 15 is 0 Å². The molecule has 4 heteroatoms. The predicted molar refractivity (Wildman–Crippen MR) is 39.6 cm³/mol. The number of hydrogen-bond donors (Lipinski definition) is 0. The Labute approximate surface area is 62.7 Å². The monoisotopic (exact) mass is 164 g/mol. The number of hydrogen-bond acceptors (Lipinski definition) is 3. The van der Waals surface area contributed by atoms with E-state index in [1.165, 1.54) is 0 Å². The highest BCUT2D eigenvalue weighted by Gasteiger charge is 2.18. The van der Waals surface area contributed by atoms with E-state index in [0.29, 0.717) is 19.1 Å². The van der Waals surface area contributed by atoms with Crippen molar-refractivity contribution in [3.05, 3.63) is 0 Å². The summed E-state index contributed by atoms with van der Waals surface area (Å²) in [6.45, 7) is 6.30. The van der Waals surface area contributed by atoms with Crippen molar-refractivity contribution in [3.8, 4) is 0 Å². The molecule has 0 atom stereocenters. The molecule has 0 aliphatic carbocycles. The summed E-state index contributed by atoms with van der Waals surface area (Å²) in [5.74, 6) is 0.551. The van der Waals surface area contributed by atoms with Gasteiger partial charge in [-0.25, -0.2) is 0 Å². The van der Waals surface area contributed by atoms with Crippen molar-refractivity contribution < 1.29 is 13.6 Å². The molecular formula is C6H13O3P. The third-order valence-electron chi connectivity index (χ3n) is 0.990. The Morgan fingerprint density at radius 3 is 2.50 bits per heavy atom. The Morgan fingerprint density at radius 1 is 1.40 bits per heavy atom. The lowest BCUT2D eigenvalue weighted by molar-refractivity contribution is 0.220. The average molecular weight is 164 g/mol. The molecule has 0 aromatic heterocycles. The molecular weight excluding hydrogens is 151 g/mol. The highest BCUT2D eigenvalue weighted by Crippen LogP contribution is 2.43. The van der Waals surface area contributed by atoms with Crippen LogP contribution in [0.1, 0.15) is 13.8 Å². The van der Waals surface area contributed by atoms with Crippen LogP contribution in [0.25, 0.3) is 0 Å². The van der Waals surface area contributed by atoms with Crippen molar-refractivity contribution in [2.24, 2.45) is 5.92 Å². The van der Waals surface area contributed by atoms with Gasteiger partial charge in [0.2, 0.25) is 0 Å². The largest absolute Gasteiger partial charge is 0.332 e. The van der Waals surface area contributed by atoms with Crippen LogP contribution in [0, 0.1) is 5.92 Å². The van der Waals surface area contributed by atoms with E-state index in [4.69, 9.17) is 13.6 Å². The summed E-state index contributed by atoms with van der Waals surface area (Å²) in [4.78, 5) is 0. The van der Waals surface area contributed by atoms with Gasteiger partial charge in [-0.05, 0) is 5.92 Å². The quantitative estimate of drug-likeness (QED) is 0.596. The summed E-state index contributed by atoms with van der Waals surface area (Å²) in [6.07, 6.45) is 0. The Kier molecular flexibility index (Phi) is 3.57. The maximum atomic E-state index is 5.28. The topological polar surface area (TPSA) is 27.7 Å². The normalized spacial score (nSPS) is 20.7. The molecule has 1 heterocycles. The van der Waals surface area contributed by atoms with E-state index in [9.17, 15) is 0 Å². The summed E-state index contributed by atoms with van der Waals surface area (Å²) in [7, 11) is -0.978. The van der Waals surface area contributed by atoms with E-state index in [1.807, 2.05) is 0 Å². The molecule has 1 aliphatic rings. The molecule has 1 rings (SSSR count). The lowest BCUT2D eigenvalue weighted by Gasteiger charge is -2.09. The van der Waals surface area contributed by atoms with Gasteiger partial charge in [-0.15, -0.1) is 0 Å². The van der Waals surface area contributed by atoms with Gasteiger partial charge in [-0.3, -0.25) is 0 Å². The van der Waals surface area contributed by atoms with Gasteiger partial charge in [0.1, 0.15) is 0 Å². The first kappa shape index (κ1) is 8.41. The van der Waals surface area contributed by atoms with Gasteiger partial charge in [0, 0.05) is 0 Å². The van der Waals surface area contributed by atoms with Crippen LogP contribution in [0.5, 0.6) is 0 Å². The summed E-state index contributed by atoms with van der Waals surface area (Å²) >= 11 is 0. The minimum Gasteiger partial charge on any atom is -0.312 e. The first-order valence-corrected chi connectivity index (χ1v) is 4.57. The third-order valence-corrected chi connectivity index (χ3v) is 2.14. The van der Waals surface area contributed by atoms with Gasteiger partial charge in [0.05, 0.1) is 19.8 Å². The molecule has 0 saturated carbocycles. The fourth-order valence-electron chi connectivity index (χ4n) is 0.545. The molecule has 60 valence electrons. The van der Waals surface area contributed by atoms with Gasteiger partial charge in [-0.2, -0.15) is 0 Å². The molecule has 1 saturated heterocycles. The Balaban J connectivity index is 2.01. The fourth-order valence-corrected chi connectivity index (χ4v) is 1.64. The first-order valence-electron chi connectivity index (χ1n) is 3.48. The second-order valence-electron chi connectivity index (χ2n) is 2.58. The molecule has 0 aromatic rings. The molecule has 1 fully saturated rings. The van der Waals surface area contributed by atoms with Crippen molar-refractivity contribution in [1.82, 2.24) is 0 Å². The fraction of sp³-hybridized carbons (Fsp3) is 1.00. The first-order chi connectivity index (χ1) is 4.79. The minimum absolute atomic E-state index is 0.551. The maximum absolute atomic E-state index is 5.28. The molecule has 3 nitrogen and oxygen atoms in total. The highest BCUT2D eigenvalue weighted by molar-refractivity contribution is 7.41. The van der Waals surface area contributed by atoms with Crippen molar-refractivity contribution in [2.45, 2.75) is 13.8 Å². The standard InChI is InChI=1S/C6H13O3P/c1-6(2)5-9-10-7-3-4-8-10/h6H,3-5H2,1-2H3. The molecule has 0 unspecified atom stereocenters. The predicted octanol–water partition coefficient (Wildman–Crippen LogP) is 1.93. The van der Waals surface area contributed by atoms with E-state index < -0.39 is 8.60 Å². The molecule has 0 radical (unpaired) electrons. The molecule has 0 N–H and O–H groups in total.